The third-order valence-electron chi connectivity index (χ3n) is 17.6. The van der Waals surface area contributed by atoms with E-state index in [0.717, 1.165) is 18.3 Å². The molecule has 5 saturated heterocycles. The van der Waals surface area contributed by atoms with Crippen molar-refractivity contribution < 1.29 is 104 Å². The van der Waals surface area contributed by atoms with E-state index in [1.807, 2.05) is 0 Å². The Morgan fingerprint density at radius 3 is 1.35 bits per heavy atom. The highest BCUT2D eigenvalue weighted by atomic mass is 32.5. The molecule has 9 unspecified atom stereocenters. The molecule has 22 atom stereocenters. The molecular weight excluding hydrogens is 1600 g/mol. The summed E-state index contributed by atoms with van der Waals surface area (Å²) in [5, 5.41) is 11.5. The van der Waals surface area contributed by atoms with E-state index in [9.17, 15) is 67.8 Å². The Morgan fingerprint density at radius 1 is 0.519 bits per heavy atom. The molecule has 0 radical (unpaired) electrons. The number of methoxy groups -OCH3 is 1. The van der Waals surface area contributed by atoms with Gasteiger partial charge in [0, 0.05) is 78.8 Å². The molecule has 0 bridgehead atoms. The van der Waals surface area contributed by atoms with Crippen molar-refractivity contribution in [1.82, 2.24) is 47.8 Å². The Hall–Kier alpha value is -4.88. The van der Waals surface area contributed by atoms with Crippen LogP contribution in [0.25, 0.3) is 0 Å². The molecule has 5 aromatic rings. The maximum absolute atomic E-state index is 13.5. The van der Waals surface area contributed by atoms with Gasteiger partial charge < -0.3 is 109 Å². The summed E-state index contributed by atoms with van der Waals surface area (Å²) in [6.45, 7) is -8.90. The van der Waals surface area contributed by atoms with Crippen LogP contribution in [0.4, 0.5) is 5.82 Å². The van der Waals surface area contributed by atoms with Gasteiger partial charge in [-0.05, 0) is 102 Å². The van der Waals surface area contributed by atoms with E-state index in [0.29, 0.717) is 12.0 Å². The van der Waals surface area contributed by atoms with Crippen molar-refractivity contribution in [2.45, 2.75) is 185 Å². The standard InChI is InChI=1S/C58H83N11O31P4S4/c1-10-33-34(13-40(94-33)66-16-27(3)47(71)61-55(66)76)97-103(82,107)90-24-36-35(14-41(95-36)65-15-26(2)46(59)60-54(65)75)98-101(80,105)88-20-31(7)92-43-38(22-86-51(43)67-17-28(4)48(72)62-56(67)77)99-102(81,106)89-21-32(8)93-44-39(23-87-52(44)68-18-29(5)49(73)63-57(68)78)100-104(83,108)91-25-37-42(70)45(85-12-11-84-9)53(96-37)69-19-30(6)50(74)64-58(69)79/h15-19,31-45,51-53,70H,10-14,20-25H2,1-9H3,(H,80,105)(H,81,106)(H,82,107)(H,83,108)(H2,59,60,75)(H,61,71,76)(H,62,72,77)(H,63,73,78)(H,64,74,79)/t31-,32-,33+,34?,35?,36+,37+,38?,39?,40+,41+,42?,43-,44-,45-,51+,52+,53+,101?,102?,103?,104?/m0/s1. The number of aliphatic hydroxyl groups is 1. The number of anilines is 1. The molecule has 10 rings (SSSR count). The number of nitrogens with one attached hydrogen (secondary N) is 4. The molecule has 5 aromatic heterocycles. The fourth-order valence-corrected chi connectivity index (χ4v) is 18.1. The lowest BCUT2D eigenvalue weighted by Gasteiger charge is -2.31. The summed E-state index contributed by atoms with van der Waals surface area (Å²) >= 11 is 21.9. The summed E-state index contributed by atoms with van der Waals surface area (Å²) in [5.74, 6) is -0.0508. The molecule has 0 aromatic carbocycles. The summed E-state index contributed by atoms with van der Waals surface area (Å²) in [6.07, 6.45) is -16.1. The third kappa shape index (κ3) is 20.9. The number of ether oxygens (including phenoxy) is 9. The number of aromatic nitrogens is 10. The normalized spacial score (nSPS) is 29.4. The van der Waals surface area contributed by atoms with Crippen LogP contribution in [0.1, 0.15) is 99.0 Å². The van der Waals surface area contributed by atoms with E-state index in [-0.39, 0.29) is 54.1 Å². The first-order valence-corrected chi connectivity index (χ1v) is 43.7. The van der Waals surface area contributed by atoms with E-state index in [1.165, 1.54) is 84.2 Å². The number of nitrogens with zero attached hydrogens (tertiary/aromatic N) is 6. The van der Waals surface area contributed by atoms with E-state index < -0.39 is 228 Å². The summed E-state index contributed by atoms with van der Waals surface area (Å²) in [6, 6.07) is 0. The number of H-pyrrole nitrogens is 4. The summed E-state index contributed by atoms with van der Waals surface area (Å²) < 4.78 is 107. The number of hydrogen-bond donors (Lipinski definition) is 10. The first-order valence-electron chi connectivity index (χ1n) is 33.3. The Kier molecular flexibility index (Phi) is 28.2. The minimum atomic E-state index is -4.50. The number of nitrogen functional groups attached to an aromatic ring is 1. The molecule has 108 heavy (non-hydrogen) atoms. The largest absolute Gasteiger partial charge is 0.387 e. The number of aromatic amines is 4. The van der Waals surface area contributed by atoms with Gasteiger partial charge >= 0.3 is 55.3 Å². The first kappa shape index (κ1) is 85.5. The summed E-state index contributed by atoms with van der Waals surface area (Å²) in [7, 11) is 1.42. The second-order valence-corrected chi connectivity index (χ2v) is 37.0. The van der Waals surface area contributed by atoms with Gasteiger partial charge in [-0.15, -0.1) is 0 Å². The number of rotatable bonds is 34. The van der Waals surface area contributed by atoms with Crippen molar-refractivity contribution >= 4 is 79.9 Å². The van der Waals surface area contributed by atoms with Crippen LogP contribution >= 0.6 is 26.9 Å². The molecule has 0 aliphatic carbocycles. The lowest BCUT2D eigenvalue weighted by atomic mass is 10.1. The van der Waals surface area contributed by atoms with Crippen LogP contribution in [0.3, 0.4) is 0 Å². The molecular formula is C58H83N11O31P4S4. The summed E-state index contributed by atoms with van der Waals surface area (Å²) in [4.78, 5) is 175. The fourth-order valence-electron chi connectivity index (χ4n) is 12.2. The van der Waals surface area contributed by atoms with Gasteiger partial charge in [0.05, 0.1) is 83.4 Å². The van der Waals surface area contributed by atoms with Crippen LogP contribution in [0.5, 0.6) is 0 Å². The Bertz CT molecular complexity index is 4860. The van der Waals surface area contributed by atoms with Crippen LogP contribution < -0.4 is 56.4 Å². The van der Waals surface area contributed by atoms with Crippen molar-refractivity contribution in [3.8, 4) is 0 Å². The Morgan fingerprint density at radius 2 is 0.898 bits per heavy atom. The third-order valence-corrected chi connectivity index (χ3v) is 24.0. The predicted octanol–water partition coefficient (Wildman–Crippen LogP) is -1.08. The maximum Gasteiger partial charge on any atom is 0.351 e. The summed E-state index contributed by atoms with van der Waals surface area (Å²) in [5.41, 5.74) is -0.143. The molecule has 5 fully saturated rings. The van der Waals surface area contributed by atoms with Crippen LogP contribution in [0, 0.1) is 34.6 Å². The fraction of sp³-hybridized carbons (Fsp3) is 0.655. The lowest BCUT2D eigenvalue weighted by molar-refractivity contribution is -0.109. The highest BCUT2D eigenvalue weighted by Crippen LogP contribution is 2.54. The molecule has 600 valence electrons. The maximum atomic E-state index is 13.5. The molecule has 50 heteroatoms. The zero-order chi connectivity index (χ0) is 78.8. The van der Waals surface area contributed by atoms with Crippen LogP contribution in [0.2, 0.25) is 0 Å². The molecule has 5 aliphatic heterocycles. The van der Waals surface area contributed by atoms with Crippen molar-refractivity contribution in [2.24, 2.45) is 0 Å². The van der Waals surface area contributed by atoms with E-state index in [1.54, 1.807) is 13.8 Å². The van der Waals surface area contributed by atoms with Crippen LogP contribution in [-0.4, -0.2) is 212 Å². The van der Waals surface area contributed by atoms with Gasteiger partial charge in [0.2, 0.25) is 0 Å². The number of aryl methyl sites for hydroxylation is 5. The average molecular weight is 1680 g/mol. The zero-order valence-corrected chi connectivity index (χ0v) is 65.9. The average Bonchev–Trinajstić information content (AvgIpc) is 1.64. The van der Waals surface area contributed by atoms with Crippen LogP contribution in [0.15, 0.2) is 74.1 Å². The molecule has 42 nitrogen and oxygen atoms in total. The molecule has 11 N–H and O–H groups in total. The predicted molar refractivity (Wildman–Crippen MR) is 389 cm³/mol. The van der Waals surface area contributed by atoms with E-state index in [2.05, 4.69) is 24.9 Å². The van der Waals surface area contributed by atoms with Crippen molar-refractivity contribution in [3.05, 3.63) is 153 Å². The quantitative estimate of drug-likeness (QED) is 0.0173. The minimum Gasteiger partial charge on any atom is -0.387 e. The monoisotopic (exact) mass is 1680 g/mol. The zero-order valence-electron chi connectivity index (χ0n) is 59.1. The number of hydrogen-bond acceptors (Lipinski definition) is 33. The van der Waals surface area contributed by atoms with Gasteiger partial charge in [-0.2, -0.15) is 4.98 Å². The van der Waals surface area contributed by atoms with Crippen molar-refractivity contribution in [1.29, 1.82) is 0 Å². The van der Waals surface area contributed by atoms with E-state index in [4.69, 9.17) is 132 Å². The topological polar surface area (TPSA) is 538 Å². The minimum absolute atomic E-state index is 0.00685. The van der Waals surface area contributed by atoms with E-state index >= 15 is 0 Å². The van der Waals surface area contributed by atoms with Crippen molar-refractivity contribution in [3.63, 3.8) is 0 Å². The second kappa shape index (κ2) is 35.7. The van der Waals surface area contributed by atoms with Gasteiger partial charge in [0.15, 0.2) is 18.7 Å². The molecule has 0 spiro atoms. The molecule has 10 heterocycles. The van der Waals surface area contributed by atoms with Gasteiger partial charge in [0.25, 0.3) is 22.2 Å². The number of aliphatic hydroxyl groups excluding tert-OH is 1. The van der Waals surface area contributed by atoms with Crippen molar-refractivity contribution in [2.75, 3.05) is 65.7 Å². The number of nitrogens with two attached hydrogens (primary N) is 1. The van der Waals surface area contributed by atoms with Gasteiger partial charge in [-0.3, -0.25) is 61.9 Å². The van der Waals surface area contributed by atoms with Gasteiger partial charge in [-0.1, -0.05) is 6.92 Å². The Balaban J connectivity index is 0.803. The first-order chi connectivity index (χ1) is 50.7. The second-order valence-electron chi connectivity index (χ2n) is 25.8. The lowest BCUT2D eigenvalue weighted by Crippen LogP contribution is -2.42. The van der Waals surface area contributed by atoms with Gasteiger partial charge in [0.1, 0.15) is 67.1 Å². The van der Waals surface area contributed by atoms with Crippen LogP contribution in [-0.2, 0) is 126 Å². The SMILES string of the molecule is CC[C@H]1O[C@@H](n2cc(C)c(=O)[nH]c2=O)CC1OP(O)(=S)OC[C@H]1O[C@@H](n2cc(C)c(N)nc2=O)CC1OP(O)(=S)OC[C@H](C)O[C@H]1C(OP(O)(=S)OC[C@H](C)O[C@H]2C(OP(O)(=S)OC[C@H]3O[C@@H](n4cc(C)c(=O)[nH]c4=O)[C@@H](OCCOC)C3O)CO[C@H]2n2cc(C)c(=O)[nH]c2=O)CO[C@H]1n1cc(C)c(=O)[nH]c1=O. The van der Waals surface area contributed by atoms with Gasteiger partial charge in [-0.25, -0.2) is 24.0 Å². The molecule has 5 aliphatic rings. The highest BCUT2D eigenvalue weighted by molar-refractivity contribution is 8.08. The molecule has 0 saturated carbocycles. The Labute approximate surface area is 631 Å². The molecule has 0 amide bonds. The highest BCUT2D eigenvalue weighted by Gasteiger charge is 2.51. The smallest absolute Gasteiger partial charge is 0.351 e.